The molecule has 0 heterocycles. The minimum Gasteiger partial charge on any atom is -0.348 e. The van der Waals surface area contributed by atoms with Crippen LogP contribution in [0.1, 0.15) is 0 Å². The number of amides is 2. The van der Waals surface area contributed by atoms with Crippen molar-refractivity contribution in [2.75, 3.05) is 26.2 Å². The highest BCUT2D eigenvalue weighted by Gasteiger charge is 2.12. The molecule has 0 radical (unpaired) electrons. The van der Waals surface area contributed by atoms with Gasteiger partial charge in [-0.3, -0.25) is 19.2 Å². The topological polar surface area (TPSA) is 144 Å². The predicted octanol–water partition coefficient (Wildman–Crippen LogP) is -3.73. The highest BCUT2D eigenvalue weighted by Crippen LogP contribution is 1.71. The summed E-state index contributed by atoms with van der Waals surface area (Å²) in [6.07, 6.45) is 0. The largest absolute Gasteiger partial charge is 0.348 e. The van der Waals surface area contributed by atoms with Crippen molar-refractivity contribution in [3.63, 3.8) is 0 Å². The molecule has 0 unspecified atom stereocenters. The van der Waals surface area contributed by atoms with Gasteiger partial charge in [0.1, 0.15) is 0 Å². The second-order valence-corrected chi connectivity index (χ2v) is 2.77. The molecule has 0 aliphatic carbocycles. The van der Waals surface area contributed by atoms with Gasteiger partial charge < -0.3 is 22.1 Å². The number of carbonyl (C=O) groups is 4. The number of hydrogen-bond acceptors (Lipinski definition) is 6. The van der Waals surface area contributed by atoms with Crippen LogP contribution in [0.3, 0.4) is 0 Å². The zero-order chi connectivity index (χ0) is 12.6. The molecule has 0 aromatic heterocycles. The maximum atomic E-state index is 10.9. The standard InChI is InChI=1S/C8H14N4O4/c9-3-5(13)7(15)11-1-2-12-8(16)6(14)4-10/h1-4,9-10H2,(H,11,15)(H,12,16). The summed E-state index contributed by atoms with van der Waals surface area (Å²) in [6.45, 7) is -0.671. The van der Waals surface area contributed by atoms with E-state index in [1.54, 1.807) is 0 Å². The van der Waals surface area contributed by atoms with Crippen molar-refractivity contribution in [2.45, 2.75) is 0 Å². The minimum absolute atomic E-state index is 0.0359. The van der Waals surface area contributed by atoms with Gasteiger partial charge >= 0.3 is 0 Å². The molecule has 0 saturated carbocycles. The quantitative estimate of drug-likeness (QED) is 0.261. The number of Topliss-reactive ketones (excluding diaryl/α,β-unsaturated/α-hetero) is 2. The number of nitrogens with one attached hydrogen (secondary N) is 2. The van der Waals surface area contributed by atoms with Crippen molar-refractivity contribution in [2.24, 2.45) is 11.5 Å². The Balaban J connectivity index is 3.69. The highest BCUT2D eigenvalue weighted by molar-refractivity contribution is 6.37. The molecule has 0 aromatic rings. The molecule has 8 nitrogen and oxygen atoms in total. The Bertz CT molecular complexity index is 272. The van der Waals surface area contributed by atoms with Gasteiger partial charge in [-0.2, -0.15) is 0 Å². The van der Waals surface area contributed by atoms with Crippen molar-refractivity contribution < 1.29 is 19.2 Å². The summed E-state index contributed by atoms with van der Waals surface area (Å²) in [5.41, 5.74) is 9.89. The Morgan fingerprint density at radius 2 is 1.06 bits per heavy atom. The van der Waals surface area contributed by atoms with Gasteiger partial charge in [-0.05, 0) is 0 Å². The third kappa shape index (κ3) is 5.17. The van der Waals surface area contributed by atoms with Crippen LogP contribution >= 0.6 is 0 Å². The lowest BCUT2D eigenvalue weighted by Gasteiger charge is -2.04. The van der Waals surface area contributed by atoms with Gasteiger partial charge in [0, 0.05) is 13.1 Å². The van der Waals surface area contributed by atoms with Crippen molar-refractivity contribution in [3.05, 3.63) is 0 Å². The van der Waals surface area contributed by atoms with Crippen molar-refractivity contribution in [1.82, 2.24) is 10.6 Å². The van der Waals surface area contributed by atoms with Crippen LogP contribution in [0, 0.1) is 0 Å². The third-order valence-corrected chi connectivity index (χ3v) is 1.57. The van der Waals surface area contributed by atoms with E-state index in [1.807, 2.05) is 0 Å². The van der Waals surface area contributed by atoms with E-state index < -0.39 is 23.4 Å². The van der Waals surface area contributed by atoms with Gasteiger partial charge in [-0.15, -0.1) is 0 Å². The summed E-state index contributed by atoms with van der Waals surface area (Å²) >= 11 is 0. The molecule has 6 N–H and O–H groups in total. The van der Waals surface area contributed by atoms with Crippen molar-refractivity contribution >= 4 is 23.4 Å². The molecule has 0 fully saturated rings. The average molecular weight is 230 g/mol. The first-order chi connectivity index (χ1) is 7.52. The fourth-order valence-corrected chi connectivity index (χ4v) is 0.735. The van der Waals surface area contributed by atoms with E-state index in [2.05, 4.69) is 10.6 Å². The Hall–Kier alpha value is -1.80. The Morgan fingerprint density at radius 3 is 1.31 bits per heavy atom. The van der Waals surface area contributed by atoms with Gasteiger partial charge in [-0.1, -0.05) is 0 Å². The van der Waals surface area contributed by atoms with E-state index >= 15 is 0 Å². The second-order valence-electron chi connectivity index (χ2n) is 2.77. The molecule has 0 atom stereocenters. The fraction of sp³-hybridized carbons (Fsp3) is 0.500. The van der Waals surface area contributed by atoms with Crippen LogP contribution < -0.4 is 22.1 Å². The van der Waals surface area contributed by atoms with Gasteiger partial charge in [0.15, 0.2) is 0 Å². The Morgan fingerprint density at radius 1 is 0.750 bits per heavy atom. The van der Waals surface area contributed by atoms with Gasteiger partial charge in [-0.25, -0.2) is 0 Å². The number of rotatable bonds is 7. The molecule has 0 bridgehead atoms. The van der Waals surface area contributed by atoms with Gasteiger partial charge in [0.2, 0.25) is 11.6 Å². The zero-order valence-corrected chi connectivity index (χ0v) is 8.62. The summed E-state index contributed by atoms with van der Waals surface area (Å²) in [4.78, 5) is 43.1. The highest BCUT2D eigenvalue weighted by atomic mass is 16.2. The maximum Gasteiger partial charge on any atom is 0.288 e. The first kappa shape index (κ1) is 14.2. The molecule has 0 rings (SSSR count). The molecule has 0 aliphatic rings. The fourth-order valence-electron chi connectivity index (χ4n) is 0.735. The van der Waals surface area contributed by atoms with Crippen LogP contribution in [-0.2, 0) is 19.2 Å². The van der Waals surface area contributed by atoms with Crippen molar-refractivity contribution in [3.8, 4) is 0 Å². The number of nitrogens with two attached hydrogens (primary N) is 2. The lowest BCUT2D eigenvalue weighted by atomic mass is 10.3. The van der Waals surface area contributed by atoms with E-state index in [4.69, 9.17) is 11.5 Å². The second kappa shape index (κ2) is 7.49. The van der Waals surface area contributed by atoms with Crippen LogP contribution in [0.5, 0.6) is 0 Å². The van der Waals surface area contributed by atoms with Gasteiger partial charge in [0.05, 0.1) is 13.1 Å². The van der Waals surface area contributed by atoms with E-state index in [1.165, 1.54) is 0 Å². The normalized spacial score (nSPS) is 9.38. The summed E-state index contributed by atoms with van der Waals surface area (Å²) in [6, 6.07) is 0. The zero-order valence-electron chi connectivity index (χ0n) is 8.62. The Labute approximate surface area is 91.7 Å². The lowest BCUT2D eigenvalue weighted by Crippen LogP contribution is -2.42. The molecule has 0 aromatic carbocycles. The van der Waals surface area contributed by atoms with Crippen molar-refractivity contribution in [1.29, 1.82) is 0 Å². The monoisotopic (exact) mass is 230 g/mol. The molecule has 0 aliphatic heterocycles. The molecule has 90 valence electrons. The lowest BCUT2D eigenvalue weighted by molar-refractivity contribution is -0.137. The first-order valence-corrected chi connectivity index (χ1v) is 4.55. The minimum atomic E-state index is -0.818. The molecular weight excluding hydrogens is 216 g/mol. The van der Waals surface area contributed by atoms with E-state index in [9.17, 15) is 19.2 Å². The number of ketones is 2. The number of hydrogen-bond donors (Lipinski definition) is 4. The molecule has 16 heavy (non-hydrogen) atoms. The predicted molar refractivity (Wildman–Crippen MR) is 54.1 cm³/mol. The van der Waals surface area contributed by atoms with Crippen LogP contribution in [-0.4, -0.2) is 49.6 Å². The Kier molecular flexibility index (Phi) is 6.64. The van der Waals surface area contributed by atoms with E-state index in [0.717, 1.165) is 0 Å². The molecule has 0 spiro atoms. The SMILES string of the molecule is NCC(=O)C(=O)NCCNC(=O)C(=O)CN. The van der Waals surface area contributed by atoms with Crippen LogP contribution in [0.15, 0.2) is 0 Å². The molecule has 8 heteroatoms. The van der Waals surface area contributed by atoms with E-state index in [0.29, 0.717) is 0 Å². The maximum absolute atomic E-state index is 10.9. The molecule has 0 saturated heterocycles. The van der Waals surface area contributed by atoms with Gasteiger partial charge in [0.25, 0.3) is 11.8 Å². The molecule has 2 amide bonds. The molecular formula is C8H14N4O4. The number of carbonyl (C=O) groups excluding carboxylic acids is 4. The first-order valence-electron chi connectivity index (χ1n) is 4.55. The summed E-state index contributed by atoms with van der Waals surface area (Å²) < 4.78 is 0. The van der Waals surface area contributed by atoms with Crippen LogP contribution in [0.4, 0.5) is 0 Å². The van der Waals surface area contributed by atoms with E-state index in [-0.39, 0.29) is 26.2 Å². The average Bonchev–Trinajstić information content (AvgIpc) is 2.31. The van der Waals surface area contributed by atoms with Crippen LogP contribution in [0.2, 0.25) is 0 Å². The smallest absolute Gasteiger partial charge is 0.288 e. The summed E-state index contributed by atoms with van der Waals surface area (Å²) in [5, 5.41) is 4.44. The summed E-state index contributed by atoms with van der Waals surface area (Å²) in [7, 11) is 0. The summed E-state index contributed by atoms with van der Waals surface area (Å²) in [5.74, 6) is -3.13. The van der Waals surface area contributed by atoms with Crippen LogP contribution in [0.25, 0.3) is 0 Å². The third-order valence-electron chi connectivity index (χ3n) is 1.57.